The summed E-state index contributed by atoms with van der Waals surface area (Å²) in [4.78, 5) is 0. The topological polar surface area (TPSA) is 21.3 Å². The van der Waals surface area contributed by atoms with Crippen LogP contribution in [-0.4, -0.2) is 13.4 Å². The molecule has 0 atom stereocenters. The normalized spacial score (nSPS) is 10.5. The molecule has 1 rings (SSSR count). The zero-order chi connectivity index (χ0) is 10.8. The summed E-state index contributed by atoms with van der Waals surface area (Å²) in [5, 5.41) is 2.73. The standard InChI is InChI=1S/C8H7BrF3NO.ClH/c1-13-7-4-5(2-3-6(7)9)14-8(10,11)12;/h2-4,13H,1H3;1H. The van der Waals surface area contributed by atoms with Crippen molar-refractivity contribution in [2.45, 2.75) is 6.36 Å². The SMILES string of the molecule is CNc1cc(OC(F)(F)F)ccc1Br.Cl. The van der Waals surface area contributed by atoms with Gasteiger partial charge < -0.3 is 10.1 Å². The van der Waals surface area contributed by atoms with E-state index in [9.17, 15) is 13.2 Å². The van der Waals surface area contributed by atoms with Gasteiger partial charge in [0.05, 0.1) is 5.69 Å². The van der Waals surface area contributed by atoms with Gasteiger partial charge in [0.2, 0.25) is 0 Å². The van der Waals surface area contributed by atoms with E-state index in [1.54, 1.807) is 7.05 Å². The Morgan fingerprint density at radius 1 is 1.33 bits per heavy atom. The third-order valence-corrected chi connectivity index (χ3v) is 2.13. The van der Waals surface area contributed by atoms with E-state index in [-0.39, 0.29) is 18.2 Å². The highest BCUT2D eigenvalue weighted by Crippen LogP contribution is 2.29. The minimum atomic E-state index is -4.65. The summed E-state index contributed by atoms with van der Waals surface area (Å²) >= 11 is 3.17. The Balaban J connectivity index is 0.00000196. The van der Waals surface area contributed by atoms with Gasteiger partial charge >= 0.3 is 6.36 Å². The van der Waals surface area contributed by atoms with Crippen LogP contribution in [0.5, 0.6) is 5.75 Å². The van der Waals surface area contributed by atoms with E-state index < -0.39 is 6.36 Å². The van der Waals surface area contributed by atoms with Crippen LogP contribution in [0, 0.1) is 0 Å². The molecule has 7 heteroatoms. The molecule has 2 nitrogen and oxygen atoms in total. The van der Waals surface area contributed by atoms with Crippen molar-refractivity contribution < 1.29 is 17.9 Å². The Morgan fingerprint density at radius 2 is 1.93 bits per heavy atom. The van der Waals surface area contributed by atoms with Crippen molar-refractivity contribution in [1.29, 1.82) is 0 Å². The molecule has 0 radical (unpaired) electrons. The maximum absolute atomic E-state index is 11.8. The molecule has 86 valence electrons. The van der Waals surface area contributed by atoms with E-state index in [2.05, 4.69) is 26.0 Å². The molecule has 0 aliphatic carbocycles. The van der Waals surface area contributed by atoms with Gasteiger partial charge in [-0.15, -0.1) is 25.6 Å². The summed E-state index contributed by atoms with van der Waals surface area (Å²) in [6.07, 6.45) is -4.65. The quantitative estimate of drug-likeness (QED) is 0.897. The lowest BCUT2D eigenvalue weighted by molar-refractivity contribution is -0.274. The highest BCUT2D eigenvalue weighted by Gasteiger charge is 2.31. The van der Waals surface area contributed by atoms with Gasteiger partial charge in [0, 0.05) is 17.6 Å². The first-order chi connectivity index (χ1) is 6.42. The van der Waals surface area contributed by atoms with Crippen LogP contribution in [0.4, 0.5) is 18.9 Å². The van der Waals surface area contributed by atoms with Crippen LogP contribution in [0.25, 0.3) is 0 Å². The number of hydrogen-bond acceptors (Lipinski definition) is 2. The zero-order valence-corrected chi connectivity index (χ0v) is 9.96. The fraction of sp³-hybridized carbons (Fsp3) is 0.250. The molecule has 0 fully saturated rings. The number of anilines is 1. The monoisotopic (exact) mass is 305 g/mol. The van der Waals surface area contributed by atoms with E-state index in [1.807, 2.05) is 0 Å². The van der Waals surface area contributed by atoms with E-state index in [0.29, 0.717) is 10.2 Å². The molecule has 0 aliphatic heterocycles. The molecule has 0 amide bonds. The third-order valence-electron chi connectivity index (χ3n) is 1.44. The molecule has 0 unspecified atom stereocenters. The molecule has 1 aromatic carbocycles. The number of nitrogens with one attached hydrogen (secondary N) is 1. The molecule has 0 spiro atoms. The van der Waals surface area contributed by atoms with E-state index in [1.165, 1.54) is 18.2 Å². The Hall–Kier alpha value is -0.620. The van der Waals surface area contributed by atoms with Gasteiger partial charge in [-0.3, -0.25) is 0 Å². The molecule has 0 saturated carbocycles. The van der Waals surface area contributed by atoms with Crippen molar-refractivity contribution in [1.82, 2.24) is 0 Å². The minimum Gasteiger partial charge on any atom is -0.406 e. The number of rotatable bonds is 2. The van der Waals surface area contributed by atoms with Crippen LogP contribution in [0.15, 0.2) is 22.7 Å². The third kappa shape index (κ3) is 4.61. The van der Waals surface area contributed by atoms with Crippen LogP contribution >= 0.6 is 28.3 Å². The molecule has 0 aliphatic rings. The summed E-state index contributed by atoms with van der Waals surface area (Å²) < 4.78 is 39.9. The van der Waals surface area contributed by atoms with E-state index in [0.717, 1.165) is 0 Å². The van der Waals surface area contributed by atoms with Crippen molar-refractivity contribution in [3.8, 4) is 5.75 Å². The smallest absolute Gasteiger partial charge is 0.406 e. The van der Waals surface area contributed by atoms with Gasteiger partial charge in [0.15, 0.2) is 0 Å². The first kappa shape index (κ1) is 14.4. The second-order valence-electron chi connectivity index (χ2n) is 2.44. The zero-order valence-electron chi connectivity index (χ0n) is 7.56. The van der Waals surface area contributed by atoms with Crippen molar-refractivity contribution in [2.75, 3.05) is 12.4 Å². The minimum absolute atomic E-state index is 0. The Morgan fingerprint density at radius 3 is 2.40 bits per heavy atom. The second-order valence-corrected chi connectivity index (χ2v) is 3.29. The van der Waals surface area contributed by atoms with Crippen molar-refractivity contribution in [2.24, 2.45) is 0 Å². The van der Waals surface area contributed by atoms with E-state index in [4.69, 9.17) is 0 Å². The van der Waals surface area contributed by atoms with Crippen molar-refractivity contribution in [3.63, 3.8) is 0 Å². The summed E-state index contributed by atoms with van der Waals surface area (Å²) in [5.74, 6) is -0.245. The predicted octanol–water partition coefficient (Wildman–Crippen LogP) is 3.81. The maximum atomic E-state index is 11.8. The Kier molecular flexibility index (Phi) is 5.23. The average Bonchev–Trinajstić information content (AvgIpc) is 2.06. The lowest BCUT2D eigenvalue weighted by Gasteiger charge is -2.10. The van der Waals surface area contributed by atoms with Crippen LogP contribution in [0.1, 0.15) is 0 Å². The van der Waals surface area contributed by atoms with Crippen LogP contribution in [0.2, 0.25) is 0 Å². The van der Waals surface area contributed by atoms with Crippen molar-refractivity contribution in [3.05, 3.63) is 22.7 Å². The Bertz CT molecular complexity index is 332. The molecule has 15 heavy (non-hydrogen) atoms. The predicted molar refractivity (Wildman–Crippen MR) is 57.6 cm³/mol. The fourth-order valence-electron chi connectivity index (χ4n) is 0.893. The lowest BCUT2D eigenvalue weighted by atomic mass is 10.3. The van der Waals surface area contributed by atoms with Crippen LogP contribution in [-0.2, 0) is 0 Å². The average molecular weight is 307 g/mol. The highest BCUT2D eigenvalue weighted by molar-refractivity contribution is 9.10. The maximum Gasteiger partial charge on any atom is 0.573 e. The van der Waals surface area contributed by atoms with Crippen LogP contribution in [0.3, 0.4) is 0 Å². The van der Waals surface area contributed by atoms with Gasteiger partial charge in [0.25, 0.3) is 0 Å². The van der Waals surface area contributed by atoms with Crippen LogP contribution < -0.4 is 10.1 Å². The number of alkyl halides is 3. The summed E-state index contributed by atoms with van der Waals surface area (Å²) in [5.41, 5.74) is 0.534. The molecule has 0 saturated heterocycles. The number of ether oxygens (including phenoxy) is 1. The Labute approximate surface area is 99.3 Å². The largest absolute Gasteiger partial charge is 0.573 e. The molecule has 0 bridgehead atoms. The summed E-state index contributed by atoms with van der Waals surface area (Å²) in [6.45, 7) is 0. The van der Waals surface area contributed by atoms with Gasteiger partial charge in [-0.2, -0.15) is 0 Å². The number of benzene rings is 1. The summed E-state index contributed by atoms with van der Waals surface area (Å²) in [6, 6.07) is 3.98. The number of halogens is 5. The molecule has 1 aromatic rings. The van der Waals surface area contributed by atoms with Crippen molar-refractivity contribution >= 4 is 34.0 Å². The molecule has 0 heterocycles. The lowest BCUT2D eigenvalue weighted by Crippen LogP contribution is -2.17. The first-order valence-electron chi connectivity index (χ1n) is 3.65. The second kappa shape index (κ2) is 5.46. The fourth-order valence-corrected chi connectivity index (χ4v) is 1.34. The molecule has 1 N–H and O–H groups in total. The van der Waals surface area contributed by atoms with Gasteiger partial charge in [-0.25, -0.2) is 0 Å². The van der Waals surface area contributed by atoms with Gasteiger partial charge in [-0.1, -0.05) is 0 Å². The first-order valence-corrected chi connectivity index (χ1v) is 4.45. The van der Waals surface area contributed by atoms with E-state index >= 15 is 0 Å². The highest BCUT2D eigenvalue weighted by atomic mass is 79.9. The number of hydrogen-bond donors (Lipinski definition) is 1. The van der Waals surface area contributed by atoms with Gasteiger partial charge in [0.1, 0.15) is 5.75 Å². The molecular weight excluding hydrogens is 298 g/mol. The molecular formula is C8H8BrClF3NO. The van der Waals surface area contributed by atoms with Gasteiger partial charge in [-0.05, 0) is 28.1 Å². The molecule has 0 aromatic heterocycles. The summed E-state index contributed by atoms with van der Waals surface area (Å²) in [7, 11) is 1.61.